The molecule has 5 heteroatoms. The molecule has 122 valence electrons. The third kappa shape index (κ3) is 4.00. The van der Waals surface area contributed by atoms with Crippen LogP contribution in [0.3, 0.4) is 0 Å². The molecule has 0 fully saturated rings. The average Bonchev–Trinajstić information content (AvgIpc) is 2.80. The molecule has 0 aliphatic heterocycles. The van der Waals surface area contributed by atoms with Crippen molar-refractivity contribution in [2.24, 2.45) is 0 Å². The topological polar surface area (TPSA) is 68.4 Å². The maximum Gasteiger partial charge on any atom is 0.355 e. The molecule has 0 unspecified atom stereocenters. The molecule has 0 bridgehead atoms. The molecule has 0 aliphatic rings. The molecular weight excluding hydrogens is 294 g/mol. The van der Waals surface area contributed by atoms with Crippen molar-refractivity contribution >= 4 is 11.8 Å². The number of hydrogen-bond acceptors (Lipinski definition) is 4. The second kappa shape index (κ2) is 7.13. The molecule has 2 aromatic rings. The smallest absolute Gasteiger partial charge is 0.355 e. The minimum atomic E-state index is -0.481. The molecule has 0 aliphatic carbocycles. The van der Waals surface area contributed by atoms with Crippen molar-refractivity contribution in [3.8, 4) is 5.75 Å². The van der Waals surface area contributed by atoms with Gasteiger partial charge in [0.15, 0.2) is 5.78 Å². The number of hydrogen-bond donors (Lipinski definition) is 1. The first-order valence-corrected chi connectivity index (χ1v) is 7.47. The average molecular weight is 315 g/mol. The highest BCUT2D eigenvalue weighted by Crippen LogP contribution is 2.19. The summed E-state index contributed by atoms with van der Waals surface area (Å²) in [5.74, 6) is 0.182. The van der Waals surface area contributed by atoms with Gasteiger partial charge in [0.05, 0.1) is 0 Å². The number of ketones is 1. The van der Waals surface area contributed by atoms with Crippen molar-refractivity contribution in [3.63, 3.8) is 0 Å². The highest BCUT2D eigenvalue weighted by molar-refractivity contribution is 6.01. The summed E-state index contributed by atoms with van der Waals surface area (Å²) in [6.07, 6.45) is 0. The molecule has 1 heterocycles. The van der Waals surface area contributed by atoms with Crippen LogP contribution in [-0.4, -0.2) is 30.0 Å². The number of esters is 1. The van der Waals surface area contributed by atoms with E-state index in [1.54, 1.807) is 13.8 Å². The predicted molar refractivity (Wildman–Crippen MR) is 87.2 cm³/mol. The second-order valence-corrected chi connectivity index (χ2v) is 5.48. The molecule has 1 N–H and O–H groups in total. The van der Waals surface area contributed by atoms with E-state index < -0.39 is 5.97 Å². The number of Topliss-reactive ketones (excluding diaryl/α,β-unsaturated/α-hetero) is 1. The molecule has 5 nitrogen and oxygen atoms in total. The lowest BCUT2D eigenvalue weighted by Crippen LogP contribution is -2.13. The highest BCUT2D eigenvalue weighted by atomic mass is 16.6. The number of nitrogens with one attached hydrogen (secondary N) is 1. The molecule has 0 atom stereocenters. The summed E-state index contributed by atoms with van der Waals surface area (Å²) in [6.45, 7) is 7.39. The van der Waals surface area contributed by atoms with E-state index in [-0.39, 0.29) is 19.0 Å². The number of benzene rings is 1. The van der Waals surface area contributed by atoms with Gasteiger partial charge < -0.3 is 14.5 Å². The van der Waals surface area contributed by atoms with Gasteiger partial charge >= 0.3 is 5.97 Å². The number of carbonyl (C=O) groups is 2. The highest BCUT2D eigenvalue weighted by Gasteiger charge is 2.20. The van der Waals surface area contributed by atoms with Gasteiger partial charge in [-0.3, -0.25) is 4.79 Å². The van der Waals surface area contributed by atoms with Gasteiger partial charge in [-0.15, -0.1) is 0 Å². The zero-order valence-corrected chi connectivity index (χ0v) is 13.9. The minimum absolute atomic E-state index is 0.0713. The standard InChI is InChI=1S/C18H21NO4/c1-11-5-7-15(8-6-11)22-9-10-23-18(21)17-12(2)16(14(4)20)13(3)19-17/h5-8,19H,9-10H2,1-4H3. The van der Waals surface area contributed by atoms with E-state index in [4.69, 9.17) is 9.47 Å². The molecule has 2 rings (SSSR count). The molecular formula is C18H21NO4. The fraction of sp³-hybridized carbons (Fsp3) is 0.333. The molecule has 23 heavy (non-hydrogen) atoms. The molecule has 0 saturated carbocycles. The summed E-state index contributed by atoms with van der Waals surface area (Å²) >= 11 is 0. The maximum atomic E-state index is 12.1. The van der Waals surface area contributed by atoms with Crippen LogP contribution in [0.5, 0.6) is 5.75 Å². The Kier molecular flexibility index (Phi) is 5.21. The van der Waals surface area contributed by atoms with Gasteiger partial charge in [0.2, 0.25) is 0 Å². The Labute approximate surface area is 135 Å². The van der Waals surface area contributed by atoms with Gasteiger partial charge in [-0.25, -0.2) is 4.79 Å². The number of carbonyl (C=O) groups excluding carboxylic acids is 2. The van der Waals surface area contributed by atoms with Crippen molar-refractivity contribution in [1.29, 1.82) is 0 Å². The maximum absolute atomic E-state index is 12.1. The van der Waals surface area contributed by atoms with Crippen LogP contribution in [0.1, 0.15) is 44.6 Å². The van der Waals surface area contributed by atoms with Crippen molar-refractivity contribution in [2.45, 2.75) is 27.7 Å². The normalized spacial score (nSPS) is 10.4. The van der Waals surface area contributed by atoms with Crippen LogP contribution in [0.2, 0.25) is 0 Å². The summed E-state index contributed by atoms with van der Waals surface area (Å²) in [6, 6.07) is 7.65. The van der Waals surface area contributed by atoms with Crippen LogP contribution in [-0.2, 0) is 4.74 Å². The van der Waals surface area contributed by atoms with Crippen molar-refractivity contribution < 1.29 is 19.1 Å². The minimum Gasteiger partial charge on any atom is -0.490 e. The van der Waals surface area contributed by atoms with E-state index in [1.807, 2.05) is 31.2 Å². The second-order valence-electron chi connectivity index (χ2n) is 5.48. The first-order chi connectivity index (χ1) is 10.9. The van der Waals surface area contributed by atoms with Crippen molar-refractivity contribution in [2.75, 3.05) is 13.2 Å². The van der Waals surface area contributed by atoms with E-state index in [0.29, 0.717) is 22.5 Å². The third-order valence-corrected chi connectivity index (χ3v) is 3.60. The van der Waals surface area contributed by atoms with Crippen LogP contribution in [0.25, 0.3) is 0 Å². The van der Waals surface area contributed by atoms with Gasteiger partial charge in [0, 0.05) is 11.3 Å². The Hall–Kier alpha value is -2.56. The summed E-state index contributed by atoms with van der Waals surface area (Å²) in [7, 11) is 0. The van der Waals surface area contributed by atoms with Crippen molar-refractivity contribution in [3.05, 3.63) is 52.3 Å². The molecule has 1 aromatic carbocycles. The summed E-state index contributed by atoms with van der Waals surface area (Å²) in [5.41, 5.74) is 3.33. The van der Waals surface area contributed by atoms with E-state index in [9.17, 15) is 9.59 Å². The van der Waals surface area contributed by atoms with E-state index >= 15 is 0 Å². The summed E-state index contributed by atoms with van der Waals surface area (Å²) < 4.78 is 10.7. The number of aromatic nitrogens is 1. The molecule has 0 amide bonds. The number of H-pyrrole nitrogens is 1. The number of aryl methyl sites for hydroxylation is 2. The molecule has 1 aromatic heterocycles. The zero-order chi connectivity index (χ0) is 17.0. The molecule has 0 saturated heterocycles. The summed E-state index contributed by atoms with van der Waals surface area (Å²) in [4.78, 5) is 26.6. The fourth-order valence-electron chi connectivity index (χ4n) is 2.48. The Bertz CT molecular complexity index is 713. The van der Waals surface area contributed by atoms with Gasteiger partial charge in [0.1, 0.15) is 24.7 Å². The number of aromatic amines is 1. The van der Waals surface area contributed by atoms with Crippen LogP contribution in [0.15, 0.2) is 24.3 Å². The molecule has 0 radical (unpaired) electrons. The monoisotopic (exact) mass is 315 g/mol. The van der Waals surface area contributed by atoms with Gasteiger partial charge in [-0.2, -0.15) is 0 Å². The Morgan fingerprint density at radius 1 is 1.04 bits per heavy atom. The Morgan fingerprint density at radius 3 is 2.26 bits per heavy atom. The van der Waals surface area contributed by atoms with Crippen LogP contribution < -0.4 is 4.74 Å². The van der Waals surface area contributed by atoms with E-state index in [0.717, 1.165) is 11.3 Å². The number of rotatable bonds is 6. The lowest BCUT2D eigenvalue weighted by atomic mass is 10.1. The fourth-order valence-corrected chi connectivity index (χ4v) is 2.48. The van der Waals surface area contributed by atoms with Gasteiger partial charge in [0.25, 0.3) is 0 Å². The lowest BCUT2D eigenvalue weighted by molar-refractivity contribution is 0.0443. The van der Waals surface area contributed by atoms with Crippen molar-refractivity contribution in [1.82, 2.24) is 4.98 Å². The van der Waals surface area contributed by atoms with Crippen LogP contribution >= 0.6 is 0 Å². The largest absolute Gasteiger partial charge is 0.490 e. The third-order valence-electron chi connectivity index (χ3n) is 3.60. The summed E-state index contributed by atoms with van der Waals surface area (Å²) in [5, 5.41) is 0. The quantitative estimate of drug-likeness (QED) is 0.504. The first-order valence-electron chi connectivity index (χ1n) is 7.47. The van der Waals surface area contributed by atoms with E-state index in [1.165, 1.54) is 6.92 Å². The SMILES string of the molecule is CC(=O)c1c(C)[nH]c(C(=O)OCCOc2ccc(C)cc2)c1C. The number of ether oxygens (including phenoxy) is 2. The Balaban J connectivity index is 1.89. The van der Waals surface area contributed by atoms with E-state index in [2.05, 4.69) is 4.98 Å². The predicted octanol–water partition coefficient (Wildman–Crippen LogP) is 3.38. The Morgan fingerprint density at radius 2 is 1.70 bits per heavy atom. The zero-order valence-electron chi connectivity index (χ0n) is 13.9. The van der Waals surface area contributed by atoms with Gasteiger partial charge in [-0.1, -0.05) is 17.7 Å². The lowest BCUT2D eigenvalue weighted by Gasteiger charge is -2.07. The first kappa shape index (κ1) is 16.8. The molecule has 0 spiro atoms. The van der Waals surface area contributed by atoms with Crippen LogP contribution in [0.4, 0.5) is 0 Å². The van der Waals surface area contributed by atoms with Crippen LogP contribution in [0, 0.1) is 20.8 Å². The van der Waals surface area contributed by atoms with Gasteiger partial charge in [-0.05, 0) is 45.4 Å².